The normalized spacial score (nSPS) is 22.5. The van der Waals surface area contributed by atoms with Gasteiger partial charge in [-0.3, -0.25) is 38.9 Å². The number of aliphatic hydroxyl groups is 3. The van der Waals surface area contributed by atoms with Crippen molar-refractivity contribution < 1.29 is 134 Å². The van der Waals surface area contributed by atoms with Crippen molar-refractivity contribution >= 4 is 56.7 Å². The molecule has 798 valence electrons. The lowest BCUT2D eigenvalue weighted by atomic mass is 9.69. The van der Waals surface area contributed by atoms with E-state index in [4.69, 9.17) is 92.0 Å². The number of carbonyl (C=O) groups is 7. The largest absolute Gasteiger partial charge is 0.493 e. The summed E-state index contributed by atoms with van der Waals surface area (Å²) >= 11 is 3.33. The van der Waals surface area contributed by atoms with Crippen LogP contribution in [0.5, 0.6) is 92.0 Å². The molecular formula is C112H149BrN4O29. The molecule has 7 fully saturated rings. The molecule has 7 saturated carbocycles. The highest BCUT2D eigenvalue weighted by Crippen LogP contribution is 2.48. The second kappa shape index (κ2) is 55.9. The van der Waals surface area contributed by atoms with Gasteiger partial charge in [-0.2, -0.15) is 0 Å². The molecule has 33 nitrogen and oxygen atoms in total. The average molecular weight is 2100 g/mol. The maximum atomic E-state index is 12.8. The molecule has 0 aliphatic heterocycles. The minimum absolute atomic E-state index is 0.0168. The maximum Gasteiger partial charge on any atom is 0.408 e. The Balaban J connectivity index is 0.000000205. The minimum Gasteiger partial charge on any atom is -0.493 e. The Bertz CT molecular complexity index is 5600. The summed E-state index contributed by atoms with van der Waals surface area (Å²) in [5.74, 6) is 9.90. The van der Waals surface area contributed by atoms with Gasteiger partial charge in [0.25, 0.3) is 0 Å². The predicted molar refractivity (Wildman–Crippen MR) is 556 cm³/mol. The summed E-state index contributed by atoms with van der Waals surface area (Å²) in [5.41, 5.74) is 12.1. The van der Waals surface area contributed by atoms with Crippen molar-refractivity contribution in [2.24, 2.45) is 11.5 Å². The lowest BCUT2D eigenvalue weighted by Gasteiger charge is -2.37. The van der Waals surface area contributed by atoms with Crippen molar-refractivity contribution in [1.82, 2.24) is 5.32 Å². The summed E-state index contributed by atoms with van der Waals surface area (Å²) in [5, 5.41) is 43.9. The van der Waals surface area contributed by atoms with E-state index >= 15 is 0 Å². The van der Waals surface area contributed by atoms with Gasteiger partial charge in [-0.1, -0.05) is 78.0 Å². The van der Waals surface area contributed by atoms with Crippen LogP contribution in [0.4, 0.5) is 4.79 Å². The number of nitrogens with one attached hydrogen (secondary N) is 1. The fourth-order valence-corrected chi connectivity index (χ4v) is 19.7. The number of nitro groups is 1. The maximum absolute atomic E-state index is 12.8. The minimum atomic E-state index is -1.64. The number of rotatable bonds is 25. The van der Waals surface area contributed by atoms with Gasteiger partial charge in [-0.25, -0.2) is 4.79 Å². The summed E-state index contributed by atoms with van der Waals surface area (Å²) in [6, 6.07) is 43.4. The van der Waals surface area contributed by atoms with Crippen LogP contribution < -0.4 is 92.6 Å². The monoisotopic (exact) mass is 2090 g/mol. The first-order chi connectivity index (χ1) is 69.7. The van der Waals surface area contributed by atoms with Gasteiger partial charge in [0.2, 0.25) is 5.78 Å². The van der Waals surface area contributed by atoms with Crippen molar-refractivity contribution in [3.05, 3.63) is 199 Å². The van der Waals surface area contributed by atoms with Gasteiger partial charge in [0.05, 0.1) is 125 Å². The van der Waals surface area contributed by atoms with Crippen LogP contribution in [0.2, 0.25) is 0 Å². The Kier molecular flexibility index (Phi) is 45.5. The van der Waals surface area contributed by atoms with Crippen LogP contribution in [0.25, 0.3) is 0 Å². The molecule has 0 saturated heterocycles. The van der Waals surface area contributed by atoms with Crippen molar-refractivity contribution in [3.63, 3.8) is 0 Å². The van der Waals surface area contributed by atoms with Gasteiger partial charge in [-0.15, -0.1) is 0 Å². The molecular weight excluding hydrogens is 1950 g/mol. The number of Topliss-reactive ketones (excluding diaryl/α,β-unsaturated/α-hetero) is 6. The molecule has 1 amide bonds. The van der Waals surface area contributed by atoms with Crippen LogP contribution in [0.3, 0.4) is 0 Å². The second-order valence-corrected chi connectivity index (χ2v) is 38.6. The number of ketones is 6. The number of amides is 1. The molecule has 0 bridgehead atoms. The van der Waals surface area contributed by atoms with Gasteiger partial charge in [-0.05, 0) is 279 Å². The van der Waals surface area contributed by atoms with E-state index in [0.717, 1.165) is 133 Å². The quantitative estimate of drug-likeness (QED) is 0.0229. The topological polar surface area (TPSA) is 444 Å². The Morgan fingerprint density at radius 3 is 1.16 bits per heavy atom. The first kappa shape index (κ1) is 119. The number of aliphatic hydroxyl groups excluding tert-OH is 3. The molecule has 0 heterocycles. The number of nitrogens with two attached hydrogens (primary N) is 2. The average Bonchev–Trinajstić information content (AvgIpc) is 0.678. The van der Waals surface area contributed by atoms with Gasteiger partial charge in [0.15, 0.2) is 115 Å². The van der Waals surface area contributed by atoms with Crippen molar-refractivity contribution in [1.29, 1.82) is 0 Å². The molecule has 8 N–H and O–H groups in total. The highest BCUT2D eigenvalue weighted by Gasteiger charge is 2.54. The molecule has 10 atom stereocenters. The summed E-state index contributed by atoms with van der Waals surface area (Å²) < 4.78 is 89.6. The van der Waals surface area contributed by atoms with E-state index in [0.29, 0.717) is 156 Å². The molecule has 0 radical (unpaired) electrons. The number of hydrogen-bond acceptors (Lipinski definition) is 31. The Hall–Kier alpha value is -12.5. The zero-order valence-electron chi connectivity index (χ0n) is 88.1. The van der Waals surface area contributed by atoms with Gasteiger partial charge in [0.1, 0.15) is 40.2 Å². The van der Waals surface area contributed by atoms with Crippen molar-refractivity contribution in [2.45, 2.75) is 258 Å². The molecule has 0 spiro atoms. The molecule has 7 aliphatic carbocycles. The summed E-state index contributed by atoms with van der Waals surface area (Å²) in [6.45, 7) is 7.26. The number of hydrogen-bond donors (Lipinski definition) is 6. The Morgan fingerprint density at radius 1 is 0.363 bits per heavy atom. The molecule has 10 unspecified atom stereocenters. The van der Waals surface area contributed by atoms with Crippen LogP contribution in [0.15, 0.2) is 150 Å². The fourth-order valence-electron chi connectivity index (χ4n) is 19.4. The van der Waals surface area contributed by atoms with Crippen LogP contribution in [0, 0.1) is 10.1 Å². The standard InChI is InChI=1S/C19H27NO5.C15H20O4.C14H17NO5.C14H19NO4.C14H19NO3.C14H20O3.C14H18O3.C8H9BrO2/c1-18(2,3)25-17(22)20-19(11-7-6-8-16(19)21)13-9-10-14(23-4)15(12-13)24-5;1-15(8-4-5-11(16)14(15)17)10-6-7-12(18-2)13(9-10)19-3;1-19-11-7-6-10(9-12(11)20-2)14(15(17)18)8-4-3-5-13(14)16;1-18-11-6-5-9(8-12(11)19-2)14(15)7-3-4-10(16)13(14)17;1-17-11-7-6-10(9-12(11)18-2)14(15)8-4-3-5-13(14)16;2*1-16-13-8-7-10(9-14(13)17-2)11-5-3-4-6-12(11)15;1-10-7-4-3-6(9)5-8(7)11-2/h9-10,12H,6-8,11H2,1-5H3,(H,20,22);6-7,9,11,16H,4-5,8H2,1-3H3;6-7,9H,3-5,8H2,1-2H3;5-6,8,10,16H,3-4,7,15H2,1-2H3;6-7,9H,3-5,8,15H2,1-2H3;7-9,11-12,15H,3-6H2,1-2H3;7-9,11H,3-6H2,1-2H3;3-5H,1-2H3. The first-order valence-corrected chi connectivity index (χ1v) is 50.0. The number of halogens is 1. The summed E-state index contributed by atoms with van der Waals surface area (Å²) in [4.78, 5) is 96.9. The first-order valence-electron chi connectivity index (χ1n) is 49.2. The van der Waals surface area contributed by atoms with Gasteiger partial charge in [0, 0.05) is 58.9 Å². The third kappa shape index (κ3) is 29.5. The number of ether oxygens (including phenoxy) is 17. The molecule has 34 heteroatoms. The Morgan fingerprint density at radius 2 is 0.712 bits per heavy atom. The molecule has 146 heavy (non-hydrogen) atoms. The summed E-state index contributed by atoms with van der Waals surface area (Å²) in [6.07, 6.45) is 17.0. The highest BCUT2D eigenvalue weighted by atomic mass is 79.9. The SMILES string of the molecule is COc1ccc(Br)cc1OC.COc1ccc(C2(C)CCCC(O)C2=O)cc1OC.COc1ccc(C2(N)CCCC(O)C2=O)cc1OC.COc1ccc(C2(N)CCCCC2=O)cc1OC.COc1ccc(C2(NC(=O)OC(C)(C)C)CCCCC2=O)cc1OC.COc1ccc(C2([N+](=O)[O-])CCCCC2=O)cc1OC.COc1ccc(C2CCCCC2=O)cc1OC.COc1ccc(C2CCCCC2O)cc1OC. The van der Waals surface area contributed by atoms with E-state index in [1.807, 2.05) is 85.8 Å². The number of alkyl carbamates (subject to hydrolysis) is 1. The van der Waals surface area contributed by atoms with E-state index in [9.17, 15) is 59.0 Å². The van der Waals surface area contributed by atoms with E-state index in [2.05, 4.69) is 21.2 Å². The van der Waals surface area contributed by atoms with E-state index < -0.39 is 56.4 Å². The van der Waals surface area contributed by atoms with Crippen LogP contribution >= 0.6 is 15.9 Å². The lowest BCUT2D eigenvalue weighted by molar-refractivity contribution is -0.563. The zero-order chi connectivity index (χ0) is 107. The fraction of sp³-hybridized carbons (Fsp3) is 0.509. The lowest BCUT2D eigenvalue weighted by Crippen LogP contribution is -2.54. The smallest absolute Gasteiger partial charge is 0.408 e. The molecule has 8 aromatic carbocycles. The number of methoxy groups -OCH3 is 16. The third-order valence-corrected chi connectivity index (χ3v) is 28.2. The summed E-state index contributed by atoms with van der Waals surface area (Å²) in [7, 11) is 25.2. The van der Waals surface area contributed by atoms with E-state index in [1.165, 1.54) is 40.9 Å². The van der Waals surface area contributed by atoms with Crippen LogP contribution in [-0.4, -0.2) is 199 Å². The number of nitrogens with zero attached hydrogens (tertiary/aromatic N) is 1. The Labute approximate surface area is 865 Å². The molecule has 0 aromatic heterocycles. The third-order valence-electron chi connectivity index (χ3n) is 27.7. The van der Waals surface area contributed by atoms with Gasteiger partial charge >= 0.3 is 11.6 Å². The highest BCUT2D eigenvalue weighted by molar-refractivity contribution is 9.10. The van der Waals surface area contributed by atoms with Gasteiger partial charge < -0.3 is 113 Å². The second-order valence-electron chi connectivity index (χ2n) is 37.7. The van der Waals surface area contributed by atoms with Crippen LogP contribution in [-0.2, 0) is 61.1 Å². The van der Waals surface area contributed by atoms with Crippen molar-refractivity contribution in [2.75, 3.05) is 114 Å². The van der Waals surface area contributed by atoms with E-state index in [-0.39, 0.29) is 59.7 Å². The number of carbonyl (C=O) groups excluding carboxylic acids is 7. The molecule has 7 aliphatic rings. The predicted octanol–water partition coefficient (Wildman–Crippen LogP) is 19.1. The van der Waals surface area contributed by atoms with Crippen LogP contribution in [0.1, 0.15) is 245 Å². The molecule has 8 aromatic rings. The number of benzene rings is 8. The zero-order valence-corrected chi connectivity index (χ0v) is 89.6. The van der Waals surface area contributed by atoms with Crippen molar-refractivity contribution in [3.8, 4) is 92.0 Å². The van der Waals surface area contributed by atoms with E-state index in [1.54, 1.807) is 167 Å². The molecule has 15 rings (SSSR count).